The molecule has 2 rings (SSSR count). The number of para-hydroxylation sites is 1. The van der Waals surface area contributed by atoms with Gasteiger partial charge in [-0.25, -0.2) is 4.98 Å². The summed E-state index contributed by atoms with van der Waals surface area (Å²) in [5.74, 6) is 0.797. The van der Waals surface area contributed by atoms with Crippen molar-refractivity contribution in [3.8, 4) is 0 Å². The number of aromatic nitrogens is 2. The van der Waals surface area contributed by atoms with E-state index in [-0.39, 0.29) is 12.4 Å². The van der Waals surface area contributed by atoms with Crippen LogP contribution < -0.4 is 0 Å². The number of imidazole rings is 1. The number of methoxy groups -OCH3 is 1. The number of carbonyl (C=O) groups is 1. The van der Waals surface area contributed by atoms with Crippen LogP contribution in [0.1, 0.15) is 76.1 Å². The minimum absolute atomic E-state index is 0.226. The second kappa shape index (κ2) is 10.9. The number of esters is 1. The summed E-state index contributed by atoms with van der Waals surface area (Å²) in [5, 5.41) is 0. The molecule has 4 nitrogen and oxygen atoms in total. The number of H-pyrrole nitrogens is 1. The number of rotatable bonds is 12. The maximum Gasteiger partial charge on any atom is 0.310 e. The molecule has 1 N–H and O–H groups in total. The molecule has 0 radical (unpaired) electrons. The molecule has 1 aromatic carbocycles. The van der Waals surface area contributed by atoms with Gasteiger partial charge in [0.1, 0.15) is 5.82 Å². The quantitative estimate of drug-likeness (QED) is 0.417. The Morgan fingerprint density at radius 3 is 2.40 bits per heavy atom. The minimum atomic E-state index is -0.226. The number of benzene rings is 1. The molecule has 1 heterocycles. The van der Waals surface area contributed by atoms with Crippen molar-refractivity contribution in [3.63, 3.8) is 0 Å². The summed E-state index contributed by atoms with van der Waals surface area (Å²) in [6.45, 7) is 2.26. The molecule has 0 unspecified atom stereocenters. The largest absolute Gasteiger partial charge is 0.469 e. The van der Waals surface area contributed by atoms with Crippen molar-refractivity contribution in [2.75, 3.05) is 7.11 Å². The smallest absolute Gasteiger partial charge is 0.310 e. The standard InChI is InChI=1S/C21H32N2O2/c1-3-4-5-6-7-8-9-10-11-15-19-22-18-14-12-13-17(21(18)23-19)16-20(24)25-2/h12-14H,3-11,15-16H2,1-2H3,(H,22,23). The first-order valence-corrected chi connectivity index (χ1v) is 9.78. The van der Waals surface area contributed by atoms with Crippen LogP contribution in [-0.4, -0.2) is 23.0 Å². The average Bonchev–Trinajstić information content (AvgIpc) is 3.04. The summed E-state index contributed by atoms with van der Waals surface area (Å²) < 4.78 is 4.77. The Hall–Kier alpha value is -1.84. The Bertz CT molecular complexity index is 648. The number of fused-ring (bicyclic) bond motifs is 1. The molecule has 0 spiro atoms. The summed E-state index contributed by atoms with van der Waals surface area (Å²) in [5.41, 5.74) is 2.84. The first kappa shape index (κ1) is 19.5. The Labute approximate surface area is 151 Å². The van der Waals surface area contributed by atoms with E-state index in [1.54, 1.807) is 0 Å². The van der Waals surface area contributed by atoms with Gasteiger partial charge in [0, 0.05) is 6.42 Å². The van der Waals surface area contributed by atoms with E-state index in [9.17, 15) is 4.79 Å². The highest BCUT2D eigenvalue weighted by molar-refractivity contribution is 5.84. The summed E-state index contributed by atoms with van der Waals surface area (Å²) in [6, 6.07) is 5.92. The van der Waals surface area contributed by atoms with Crippen LogP contribution in [0.4, 0.5) is 0 Å². The molecule has 0 amide bonds. The molecule has 0 aliphatic rings. The number of carbonyl (C=O) groups excluding carboxylic acids is 1. The molecule has 0 saturated heterocycles. The first-order chi connectivity index (χ1) is 12.2. The van der Waals surface area contributed by atoms with Crippen molar-refractivity contribution >= 4 is 17.0 Å². The number of nitrogens with zero attached hydrogens (tertiary/aromatic N) is 1. The van der Waals surface area contributed by atoms with E-state index < -0.39 is 0 Å². The Morgan fingerprint density at radius 2 is 1.72 bits per heavy atom. The van der Waals surface area contributed by atoms with E-state index in [0.29, 0.717) is 0 Å². The number of aryl methyl sites for hydroxylation is 1. The number of aromatic amines is 1. The SMILES string of the molecule is CCCCCCCCCCCc1nc2c(CC(=O)OC)cccc2[nH]1. The molecule has 4 heteroatoms. The molecule has 0 fully saturated rings. The van der Waals surface area contributed by atoms with E-state index in [4.69, 9.17) is 9.72 Å². The average molecular weight is 344 g/mol. The van der Waals surface area contributed by atoms with Crippen molar-refractivity contribution in [1.29, 1.82) is 0 Å². The van der Waals surface area contributed by atoms with Gasteiger partial charge in [-0.2, -0.15) is 0 Å². The van der Waals surface area contributed by atoms with Crippen LogP contribution in [0.2, 0.25) is 0 Å². The Kier molecular flexibility index (Phi) is 8.50. The van der Waals surface area contributed by atoms with Crippen LogP contribution in [0.25, 0.3) is 11.0 Å². The van der Waals surface area contributed by atoms with Crippen molar-refractivity contribution in [2.45, 2.75) is 77.6 Å². The topological polar surface area (TPSA) is 55.0 Å². The van der Waals surface area contributed by atoms with Gasteiger partial charge in [0.15, 0.2) is 0 Å². The predicted molar refractivity (Wildman–Crippen MR) is 103 cm³/mol. The zero-order valence-electron chi connectivity index (χ0n) is 15.8. The minimum Gasteiger partial charge on any atom is -0.469 e. The fourth-order valence-electron chi connectivity index (χ4n) is 3.23. The summed E-state index contributed by atoms with van der Waals surface area (Å²) in [7, 11) is 1.42. The van der Waals surface area contributed by atoms with Crippen LogP contribution in [0.15, 0.2) is 18.2 Å². The molecule has 2 aromatic rings. The second-order valence-corrected chi connectivity index (χ2v) is 6.83. The summed E-state index contributed by atoms with van der Waals surface area (Å²) in [6.07, 6.45) is 13.2. The molecule has 0 aliphatic carbocycles. The molecule has 0 saturated carbocycles. The molecule has 138 valence electrons. The molecular formula is C21H32N2O2. The zero-order chi connectivity index (χ0) is 17.9. The lowest BCUT2D eigenvalue weighted by Gasteiger charge is -2.01. The van der Waals surface area contributed by atoms with Gasteiger partial charge in [-0.3, -0.25) is 4.79 Å². The van der Waals surface area contributed by atoms with Gasteiger partial charge in [0.25, 0.3) is 0 Å². The fraction of sp³-hybridized carbons (Fsp3) is 0.619. The lowest BCUT2D eigenvalue weighted by Crippen LogP contribution is -2.04. The van der Waals surface area contributed by atoms with Crippen molar-refractivity contribution < 1.29 is 9.53 Å². The Balaban J connectivity index is 1.74. The van der Waals surface area contributed by atoms with Crippen molar-refractivity contribution in [3.05, 3.63) is 29.6 Å². The van der Waals surface area contributed by atoms with Gasteiger partial charge in [-0.05, 0) is 18.1 Å². The van der Waals surface area contributed by atoms with E-state index in [1.165, 1.54) is 64.9 Å². The highest BCUT2D eigenvalue weighted by atomic mass is 16.5. The highest BCUT2D eigenvalue weighted by Gasteiger charge is 2.10. The van der Waals surface area contributed by atoms with Gasteiger partial charge < -0.3 is 9.72 Å². The molecule has 0 aliphatic heterocycles. The molecule has 0 bridgehead atoms. The maximum absolute atomic E-state index is 11.5. The maximum atomic E-state index is 11.5. The van der Waals surface area contributed by atoms with E-state index in [0.717, 1.165) is 28.8 Å². The van der Waals surface area contributed by atoms with Gasteiger partial charge in [0.2, 0.25) is 0 Å². The first-order valence-electron chi connectivity index (χ1n) is 9.78. The summed E-state index contributed by atoms with van der Waals surface area (Å²) >= 11 is 0. The lowest BCUT2D eigenvalue weighted by atomic mass is 10.1. The van der Waals surface area contributed by atoms with Crippen molar-refractivity contribution in [1.82, 2.24) is 9.97 Å². The van der Waals surface area contributed by atoms with Crippen molar-refractivity contribution in [2.24, 2.45) is 0 Å². The van der Waals surface area contributed by atoms with E-state index in [2.05, 4.69) is 11.9 Å². The number of hydrogen-bond acceptors (Lipinski definition) is 3. The second-order valence-electron chi connectivity index (χ2n) is 6.83. The van der Waals surface area contributed by atoms with Crippen LogP contribution in [0.3, 0.4) is 0 Å². The molecular weight excluding hydrogens is 312 g/mol. The number of nitrogens with one attached hydrogen (secondary N) is 1. The molecule has 25 heavy (non-hydrogen) atoms. The van der Waals surface area contributed by atoms with Gasteiger partial charge in [-0.15, -0.1) is 0 Å². The third kappa shape index (κ3) is 6.52. The van der Waals surface area contributed by atoms with E-state index >= 15 is 0 Å². The number of hydrogen-bond donors (Lipinski definition) is 1. The highest BCUT2D eigenvalue weighted by Crippen LogP contribution is 2.19. The normalized spacial score (nSPS) is 11.1. The summed E-state index contributed by atoms with van der Waals surface area (Å²) in [4.78, 5) is 19.6. The predicted octanol–water partition coefficient (Wildman–Crippen LogP) is 5.35. The zero-order valence-corrected chi connectivity index (χ0v) is 15.8. The van der Waals surface area contributed by atoms with Gasteiger partial charge >= 0.3 is 5.97 Å². The monoisotopic (exact) mass is 344 g/mol. The molecule has 0 atom stereocenters. The van der Waals surface area contributed by atoms with Crippen LogP contribution in [-0.2, 0) is 22.4 Å². The number of ether oxygens (including phenoxy) is 1. The van der Waals surface area contributed by atoms with Crippen LogP contribution in [0.5, 0.6) is 0 Å². The number of unbranched alkanes of at least 4 members (excludes halogenated alkanes) is 8. The van der Waals surface area contributed by atoms with E-state index in [1.807, 2.05) is 18.2 Å². The third-order valence-electron chi connectivity index (χ3n) is 4.72. The lowest BCUT2D eigenvalue weighted by molar-refractivity contribution is -0.139. The Morgan fingerprint density at radius 1 is 1.04 bits per heavy atom. The molecule has 1 aromatic heterocycles. The van der Waals surface area contributed by atoms with Gasteiger partial charge in [0.05, 0.1) is 24.6 Å². The van der Waals surface area contributed by atoms with Crippen LogP contribution in [0, 0.1) is 0 Å². The fourth-order valence-corrected chi connectivity index (χ4v) is 3.23. The van der Waals surface area contributed by atoms with Gasteiger partial charge in [-0.1, -0.05) is 70.4 Å². The third-order valence-corrected chi connectivity index (χ3v) is 4.72. The van der Waals surface area contributed by atoms with Crippen LogP contribution >= 0.6 is 0 Å².